The van der Waals surface area contributed by atoms with E-state index in [4.69, 9.17) is 16.3 Å². The third-order valence-corrected chi connectivity index (χ3v) is 7.07. The highest BCUT2D eigenvalue weighted by Crippen LogP contribution is 2.35. The summed E-state index contributed by atoms with van der Waals surface area (Å²) < 4.78 is 6.89. The Morgan fingerprint density at radius 1 is 1.12 bits per heavy atom. The van der Waals surface area contributed by atoms with Crippen LogP contribution < -0.4 is 14.5 Å². The second kappa shape index (κ2) is 12.2. The first kappa shape index (κ1) is 26.8. The van der Waals surface area contributed by atoms with Gasteiger partial charge >= 0.3 is 0 Å². The molecule has 1 saturated heterocycles. The number of halogens is 3. The number of benzene rings is 1. The Kier molecular flexibility index (Phi) is 9.65. The fourth-order valence-electron chi connectivity index (χ4n) is 4.34. The van der Waals surface area contributed by atoms with Gasteiger partial charge in [0.2, 0.25) is 0 Å². The molecule has 1 N–H and O–H groups in total. The SMILES string of the molecule is CCN(CC)CCCOc1cc(Cl)cc(N2CCN(c3ncnc4[nH]nc(Br)c34)CC2)c1C.Cl. The van der Waals surface area contributed by atoms with Crippen LogP contribution in [0.4, 0.5) is 11.5 Å². The van der Waals surface area contributed by atoms with Crippen molar-refractivity contribution in [1.29, 1.82) is 0 Å². The van der Waals surface area contributed by atoms with Gasteiger partial charge in [-0.3, -0.25) is 5.10 Å². The third kappa shape index (κ3) is 5.87. The molecule has 1 aliphatic heterocycles. The number of nitrogens with zero attached hydrogens (tertiary/aromatic N) is 6. The third-order valence-electron chi connectivity index (χ3n) is 6.28. The standard InChI is InChI=1S/C23H31BrClN7O.ClH/c1-4-30(5-2)7-6-12-33-19-14-17(25)13-18(16(19)3)31-8-10-32(11-9-31)23-20-21(24)28-29-22(20)26-15-27-23;/h13-15H,4-12H2,1-3H3,(H,26,27,28,29);1H. The first-order valence-corrected chi connectivity index (χ1v) is 12.7. The summed E-state index contributed by atoms with van der Waals surface area (Å²) in [5.41, 5.74) is 3.01. The van der Waals surface area contributed by atoms with E-state index in [9.17, 15) is 0 Å². The minimum absolute atomic E-state index is 0. The molecule has 1 aliphatic rings. The van der Waals surface area contributed by atoms with Gasteiger partial charge < -0.3 is 19.4 Å². The van der Waals surface area contributed by atoms with Crippen molar-refractivity contribution in [3.63, 3.8) is 0 Å². The minimum atomic E-state index is 0. The number of H-pyrrole nitrogens is 1. The van der Waals surface area contributed by atoms with Crippen molar-refractivity contribution < 1.29 is 4.74 Å². The summed E-state index contributed by atoms with van der Waals surface area (Å²) in [5.74, 6) is 1.78. The van der Waals surface area contributed by atoms with Crippen LogP contribution in [-0.2, 0) is 0 Å². The van der Waals surface area contributed by atoms with Crippen molar-refractivity contribution in [2.24, 2.45) is 0 Å². The molecule has 11 heteroatoms. The normalized spacial score (nSPS) is 14.1. The molecule has 8 nitrogen and oxygen atoms in total. The predicted molar refractivity (Wildman–Crippen MR) is 145 cm³/mol. The lowest BCUT2D eigenvalue weighted by atomic mass is 10.1. The zero-order valence-corrected chi connectivity index (χ0v) is 23.0. The highest BCUT2D eigenvalue weighted by atomic mass is 79.9. The fraction of sp³-hybridized carbons (Fsp3) is 0.522. The number of ether oxygens (including phenoxy) is 1. The molecule has 0 unspecified atom stereocenters. The zero-order valence-electron chi connectivity index (χ0n) is 19.9. The molecule has 3 heterocycles. The van der Waals surface area contributed by atoms with E-state index in [2.05, 4.69) is 71.6 Å². The molecule has 0 bridgehead atoms. The van der Waals surface area contributed by atoms with Crippen LogP contribution in [0.25, 0.3) is 11.0 Å². The molecule has 0 spiro atoms. The molecular weight excluding hydrogens is 541 g/mol. The molecule has 2 aromatic heterocycles. The minimum Gasteiger partial charge on any atom is -0.493 e. The van der Waals surface area contributed by atoms with Gasteiger partial charge in [0.25, 0.3) is 0 Å². The average molecular weight is 573 g/mol. The van der Waals surface area contributed by atoms with Gasteiger partial charge in [-0.05, 0) is 54.5 Å². The lowest BCUT2D eigenvalue weighted by Gasteiger charge is -2.37. The molecule has 0 saturated carbocycles. The maximum atomic E-state index is 6.49. The lowest BCUT2D eigenvalue weighted by Crippen LogP contribution is -2.47. The largest absolute Gasteiger partial charge is 0.493 e. The average Bonchev–Trinajstić information content (AvgIpc) is 3.22. The zero-order chi connectivity index (χ0) is 23.4. The topological polar surface area (TPSA) is 73.4 Å². The van der Waals surface area contributed by atoms with Crippen LogP contribution >= 0.6 is 39.9 Å². The fourth-order valence-corrected chi connectivity index (χ4v) is 4.99. The number of nitrogens with one attached hydrogen (secondary N) is 1. The smallest absolute Gasteiger partial charge is 0.161 e. The first-order valence-electron chi connectivity index (χ1n) is 11.5. The maximum Gasteiger partial charge on any atom is 0.161 e. The van der Waals surface area contributed by atoms with E-state index in [1.165, 1.54) is 0 Å². The van der Waals surface area contributed by atoms with Gasteiger partial charge in [-0.1, -0.05) is 25.4 Å². The van der Waals surface area contributed by atoms with E-state index in [-0.39, 0.29) is 12.4 Å². The van der Waals surface area contributed by atoms with E-state index in [0.717, 1.165) is 90.7 Å². The molecule has 1 fully saturated rings. The first-order chi connectivity index (χ1) is 16.0. The van der Waals surface area contributed by atoms with Crippen LogP contribution in [0, 0.1) is 6.92 Å². The van der Waals surface area contributed by atoms with Gasteiger partial charge in [-0.25, -0.2) is 9.97 Å². The number of aromatic nitrogens is 4. The second-order valence-electron chi connectivity index (χ2n) is 8.19. The summed E-state index contributed by atoms with van der Waals surface area (Å²) >= 11 is 10.00. The van der Waals surface area contributed by atoms with Crippen LogP contribution in [0.1, 0.15) is 25.8 Å². The number of rotatable bonds is 9. The molecular formula is C23H32BrCl2N7O. The highest BCUT2D eigenvalue weighted by molar-refractivity contribution is 9.10. The Labute approximate surface area is 220 Å². The second-order valence-corrected chi connectivity index (χ2v) is 9.37. The van der Waals surface area contributed by atoms with Crippen LogP contribution in [0.5, 0.6) is 5.75 Å². The van der Waals surface area contributed by atoms with Gasteiger partial charge in [-0.2, -0.15) is 5.10 Å². The number of aromatic amines is 1. The Balaban J connectivity index is 0.00000324. The maximum absolute atomic E-state index is 6.49. The molecule has 186 valence electrons. The van der Waals surface area contributed by atoms with Gasteiger partial charge in [0, 0.05) is 49.0 Å². The van der Waals surface area contributed by atoms with Gasteiger partial charge in [0.05, 0.1) is 12.0 Å². The van der Waals surface area contributed by atoms with Crippen molar-refractivity contribution in [3.05, 3.63) is 33.6 Å². The molecule has 4 rings (SSSR count). The predicted octanol–water partition coefficient (Wildman–Crippen LogP) is 4.94. The van der Waals surface area contributed by atoms with E-state index in [0.29, 0.717) is 11.6 Å². The van der Waals surface area contributed by atoms with Gasteiger partial charge in [-0.15, -0.1) is 12.4 Å². The molecule has 3 aromatic rings. The van der Waals surface area contributed by atoms with E-state index < -0.39 is 0 Å². The Morgan fingerprint density at radius 2 is 1.82 bits per heavy atom. The number of fused-ring (bicyclic) bond motifs is 1. The van der Waals surface area contributed by atoms with Crippen molar-refractivity contribution >= 4 is 62.5 Å². The van der Waals surface area contributed by atoms with Crippen molar-refractivity contribution in [1.82, 2.24) is 25.1 Å². The summed E-state index contributed by atoms with van der Waals surface area (Å²) in [6.07, 6.45) is 2.58. The van der Waals surface area contributed by atoms with Crippen molar-refractivity contribution in [2.45, 2.75) is 27.2 Å². The van der Waals surface area contributed by atoms with Crippen molar-refractivity contribution in [3.8, 4) is 5.75 Å². The van der Waals surface area contributed by atoms with E-state index in [1.54, 1.807) is 6.33 Å². The van der Waals surface area contributed by atoms with Crippen LogP contribution in [-0.4, -0.2) is 77.5 Å². The van der Waals surface area contributed by atoms with Gasteiger partial charge in [0.1, 0.15) is 22.5 Å². The molecule has 1 aromatic carbocycles. The molecule has 34 heavy (non-hydrogen) atoms. The summed E-state index contributed by atoms with van der Waals surface area (Å²) in [6, 6.07) is 3.98. The number of anilines is 2. The lowest BCUT2D eigenvalue weighted by molar-refractivity contribution is 0.248. The number of hydrogen-bond donors (Lipinski definition) is 1. The number of piperazine rings is 1. The quantitative estimate of drug-likeness (QED) is 0.364. The summed E-state index contributed by atoms with van der Waals surface area (Å²) in [4.78, 5) is 15.9. The van der Waals surface area contributed by atoms with Crippen LogP contribution in [0.2, 0.25) is 5.02 Å². The van der Waals surface area contributed by atoms with E-state index in [1.807, 2.05) is 12.1 Å². The Hall–Kier alpha value is -1.81. The molecule has 0 amide bonds. The monoisotopic (exact) mass is 571 g/mol. The van der Waals surface area contributed by atoms with Crippen LogP contribution in [0.15, 0.2) is 23.1 Å². The summed E-state index contributed by atoms with van der Waals surface area (Å²) in [7, 11) is 0. The molecule has 0 radical (unpaired) electrons. The van der Waals surface area contributed by atoms with E-state index >= 15 is 0 Å². The van der Waals surface area contributed by atoms with Gasteiger partial charge in [0.15, 0.2) is 5.65 Å². The highest BCUT2D eigenvalue weighted by Gasteiger charge is 2.24. The Bertz CT molecular complexity index is 1080. The summed E-state index contributed by atoms with van der Waals surface area (Å²) in [6.45, 7) is 13.8. The van der Waals surface area contributed by atoms with Crippen LogP contribution in [0.3, 0.4) is 0 Å². The molecule has 0 aliphatic carbocycles. The Morgan fingerprint density at radius 3 is 2.53 bits per heavy atom. The van der Waals surface area contributed by atoms with Crippen molar-refractivity contribution in [2.75, 3.05) is 62.2 Å². The molecule has 0 atom stereocenters. The number of hydrogen-bond acceptors (Lipinski definition) is 7. The summed E-state index contributed by atoms with van der Waals surface area (Å²) in [5, 5.41) is 8.78.